The highest BCUT2D eigenvalue weighted by molar-refractivity contribution is 7.92. The third kappa shape index (κ3) is 4.46. The van der Waals surface area contributed by atoms with Crippen molar-refractivity contribution < 1.29 is 22.7 Å². The number of nitrogens with one attached hydrogen (secondary N) is 4. The maximum Gasteiger partial charge on any atom is 0.323 e. The van der Waals surface area contributed by atoms with Crippen LogP contribution in [-0.2, 0) is 10.0 Å². The van der Waals surface area contributed by atoms with Gasteiger partial charge in [0.05, 0.1) is 22.5 Å². The standard InChI is InChI=1S/C23H20N4O6S/c28-22(24-12-16-13-32-20-3-1-2-4-21(20)33-16)14-5-7-15(8-6-14)27-34(30,31)17-9-10-18-19(11-17)26-23(29)25-18/h1-11,16,27H,12-13H2,(H,24,28)(H2,25,26,29)/t16-/m1/s1. The summed E-state index contributed by atoms with van der Waals surface area (Å²) in [6.45, 7) is 0.575. The highest BCUT2D eigenvalue weighted by Gasteiger charge is 2.21. The topological polar surface area (TPSA) is 142 Å². The molecule has 1 atom stereocenters. The monoisotopic (exact) mass is 480 g/mol. The summed E-state index contributed by atoms with van der Waals surface area (Å²) >= 11 is 0. The van der Waals surface area contributed by atoms with Gasteiger partial charge in [-0.05, 0) is 54.6 Å². The second-order valence-electron chi connectivity index (χ2n) is 7.68. The van der Waals surface area contributed by atoms with Gasteiger partial charge < -0.3 is 24.8 Å². The Morgan fingerprint density at radius 2 is 1.71 bits per heavy atom. The minimum absolute atomic E-state index is 0.00616. The van der Waals surface area contributed by atoms with Gasteiger partial charge in [-0.1, -0.05) is 12.1 Å². The van der Waals surface area contributed by atoms with Gasteiger partial charge in [0.1, 0.15) is 12.7 Å². The SMILES string of the molecule is O=C(NC[C@@H]1COc2ccccc2O1)c1ccc(NS(=O)(=O)c2ccc3[nH]c(=O)[nH]c3c2)cc1. The number of imidazole rings is 1. The van der Waals surface area contributed by atoms with Crippen LogP contribution in [0, 0.1) is 0 Å². The van der Waals surface area contributed by atoms with E-state index < -0.39 is 15.7 Å². The number of hydrogen-bond acceptors (Lipinski definition) is 6. The quantitative estimate of drug-likeness (QED) is 0.333. The van der Waals surface area contributed by atoms with Gasteiger partial charge in [0.2, 0.25) is 0 Å². The number of benzene rings is 3. The summed E-state index contributed by atoms with van der Waals surface area (Å²) in [4.78, 5) is 29.0. The Bertz CT molecular complexity index is 1530. The molecule has 3 aromatic carbocycles. The fourth-order valence-corrected chi connectivity index (χ4v) is 4.64. The largest absolute Gasteiger partial charge is 0.486 e. The Kier molecular flexibility index (Phi) is 5.46. The average Bonchev–Trinajstić information content (AvgIpc) is 3.22. The van der Waals surface area contributed by atoms with Crippen molar-refractivity contribution in [1.29, 1.82) is 0 Å². The molecule has 34 heavy (non-hydrogen) atoms. The molecule has 4 aromatic rings. The maximum atomic E-state index is 12.7. The van der Waals surface area contributed by atoms with Crippen molar-refractivity contribution in [1.82, 2.24) is 15.3 Å². The van der Waals surface area contributed by atoms with E-state index in [1.165, 1.54) is 42.5 Å². The Morgan fingerprint density at radius 1 is 0.971 bits per heavy atom. The molecule has 0 fully saturated rings. The number of sulfonamides is 1. The number of carbonyl (C=O) groups is 1. The molecule has 0 saturated carbocycles. The lowest BCUT2D eigenvalue weighted by atomic mass is 10.2. The first-order valence-corrected chi connectivity index (χ1v) is 11.9. The van der Waals surface area contributed by atoms with Gasteiger partial charge in [0.15, 0.2) is 11.5 Å². The number of aromatic nitrogens is 2. The molecule has 0 saturated heterocycles. The summed E-state index contributed by atoms with van der Waals surface area (Å²) < 4.78 is 39.4. The van der Waals surface area contributed by atoms with Crippen LogP contribution in [0.25, 0.3) is 11.0 Å². The first-order chi connectivity index (χ1) is 16.4. The number of amides is 1. The molecule has 1 amide bonds. The van der Waals surface area contributed by atoms with E-state index in [2.05, 4.69) is 20.0 Å². The molecular weight excluding hydrogens is 460 g/mol. The minimum Gasteiger partial charge on any atom is -0.486 e. The Balaban J connectivity index is 1.20. The van der Waals surface area contributed by atoms with Crippen molar-refractivity contribution in [2.75, 3.05) is 17.9 Å². The number of para-hydroxylation sites is 2. The van der Waals surface area contributed by atoms with Crippen LogP contribution in [0.4, 0.5) is 5.69 Å². The Morgan fingerprint density at radius 3 is 2.50 bits per heavy atom. The smallest absolute Gasteiger partial charge is 0.323 e. The molecule has 174 valence electrons. The second-order valence-corrected chi connectivity index (χ2v) is 9.36. The lowest BCUT2D eigenvalue weighted by molar-refractivity contribution is 0.0789. The lowest BCUT2D eigenvalue weighted by Crippen LogP contribution is -2.40. The van der Waals surface area contributed by atoms with Gasteiger partial charge in [0.25, 0.3) is 15.9 Å². The van der Waals surface area contributed by atoms with Crippen LogP contribution in [0.15, 0.2) is 76.4 Å². The molecule has 10 nitrogen and oxygen atoms in total. The first kappa shape index (κ1) is 21.6. The maximum absolute atomic E-state index is 12.7. The summed E-state index contributed by atoms with van der Waals surface area (Å²) in [5.41, 5.74) is 1.13. The molecule has 11 heteroatoms. The number of aromatic amines is 2. The second kappa shape index (κ2) is 8.60. The molecule has 0 bridgehead atoms. The highest BCUT2D eigenvalue weighted by atomic mass is 32.2. The van der Waals surface area contributed by atoms with Gasteiger partial charge in [-0.2, -0.15) is 0 Å². The van der Waals surface area contributed by atoms with Crippen molar-refractivity contribution in [3.8, 4) is 11.5 Å². The number of ether oxygens (including phenoxy) is 2. The van der Waals surface area contributed by atoms with E-state index in [-0.39, 0.29) is 23.5 Å². The molecule has 5 rings (SSSR count). The predicted molar refractivity (Wildman–Crippen MR) is 125 cm³/mol. The van der Waals surface area contributed by atoms with Gasteiger partial charge in [0, 0.05) is 11.3 Å². The van der Waals surface area contributed by atoms with Crippen LogP contribution in [0.2, 0.25) is 0 Å². The van der Waals surface area contributed by atoms with Gasteiger partial charge >= 0.3 is 5.69 Å². The van der Waals surface area contributed by atoms with Crippen molar-refractivity contribution in [3.05, 3.63) is 82.8 Å². The summed E-state index contributed by atoms with van der Waals surface area (Å²) in [6.07, 6.45) is -0.322. The number of anilines is 1. The average molecular weight is 481 g/mol. The Hall–Kier alpha value is -4.25. The van der Waals surface area contributed by atoms with E-state index >= 15 is 0 Å². The molecule has 0 spiro atoms. The highest BCUT2D eigenvalue weighted by Crippen LogP contribution is 2.30. The number of carbonyl (C=O) groups excluding carboxylic acids is 1. The molecule has 0 aliphatic carbocycles. The van der Waals surface area contributed by atoms with Crippen molar-refractivity contribution in [2.45, 2.75) is 11.0 Å². The van der Waals surface area contributed by atoms with Crippen LogP contribution in [0.1, 0.15) is 10.4 Å². The van der Waals surface area contributed by atoms with Crippen molar-refractivity contribution in [2.24, 2.45) is 0 Å². The normalized spacial score (nSPS) is 15.1. The summed E-state index contributed by atoms with van der Waals surface area (Å²) in [5, 5.41) is 2.80. The van der Waals surface area contributed by atoms with Gasteiger partial charge in [-0.15, -0.1) is 0 Å². The third-order valence-electron chi connectivity index (χ3n) is 5.25. The summed E-state index contributed by atoms with van der Waals surface area (Å²) in [5.74, 6) is 0.981. The van der Waals surface area contributed by atoms with E-state index in [0.717, 1.165) is 0 Å². The van der Waals surface area contributed by atoms with Crippen LogP contribution >= 0.6 is 0 Å². The van der Waals surface area contributed by atoms with Gasteiger partial charge in [-0.25, -0.2) is 13.2 Å². The van der Waals surface area contributed by atoms with E-state index in [4.69, 9.17) is 9.47 Å². The number of hydrogen-bond donors (Lipinski definition) is 4. The number of fused-ring (bicyclic) bond motifs is 2. The zero-order valence-corrected chi connectivity index (χ0v) is 18.5. The zero-order chi connectivity index (χ0) is 23.7. The van der Waals surface area contributed by atoms with Crippen LogP contribution < -0.4 is 25.2 Å². The third-order valence-corrected chi connectivity index (χ3v) is 6.63. The molecule has 1 aromatic heterocycles. The lowest BCUT2D eigenvalue weighted by Gasteiger charge is -2.26. The molecule has 2 heterocycles. The minimum atomic E-state index is -3.89. The molecule has 0 radical (unpaired) electrons. The van der Waals surface area contributed by atoms with Crippen molar-refractivity contribution >= 4 is 32.7 Å². The van der Waals surface area contributed by atoms with Crippen LogP contribution in [0.3, 0.4) is 0 Å². The molecule has 1 aliphatic heterocycles. The molecular formula is C23H20N4O6S. The zero-order valence-electron chi connectivity index (χ0n) is 17.7. The fraction of sp³-hybridized carbons (Fsp3) is 0.130. The summed E-state index contributed by atoms with van der Waals surface area (Å²) in [7, 11) is -3.89. The first-order valence-electron chi connectivity index (χ1n) is 10.4. The number of H-pyrrole nitrogens is 2. The molecule has 4 N–H and O–H groups in total. The van der Waals surface area contributed by atoms with Crippen LogP contribution in [0.5, 0.6) is 11.5 Å². The predicted octanol–water partition coefficient (Wildman–Crippen LogP) is 2.23. The molecule has 0 unspecified atom stereocenters. The Labute approximate surface area is 194 Å². The van der Waals surface area contributed by atoms with Crippen LogP contribution in [-0.4, -0.2) is 43.5 Å². The fourth-order valence-electron chi connectivity index (χ4n) is 3.55. The van der Waals surface area contributed by atoms with Crippen molar-refractivity contribution in [3.63, 3.8) is 0 Å². The molecule has 1 aliphatic rings. The van der Waals surface area contributed by atoms with E-state index in [1.807, 2.05) is 18.2 Å². The van der Waals surface area contributed by atoms with E-state index in [0.29, 0.717) is 40.4 Å². The summed E-state index contributed by atoms with van der Waals surface area (Å²) in [6, 6.07) is 17.6. The van der Waals surface area contributed by atoms with E-state index in [9.17, 15) is 18.0 Å². The number of rotatable bonds is 6. The van der Waals surface area contributed by atoms with E-state index in [1.54, 1.807) is 6.07 Å². The van der Waals surface area contributed by atoms with Gasteiger partial charge in [-0.3, -0.25) is 9.52 Å².